The van der Waals surface area contributed by atoms with Gasteiger partial charge in [-0.15, -0.1) is 12.6 Å². The molecule has 2 rings (SSSR count). The van der Waals surface area contributed by atoms with Crippen molar-refractivity contribution in [2.45, 2.75) is 48.0 Å². The van der Waals surface area contributed by atoms with Gasteiger partial charge in [0.15, 0.2) is 0 Å². The Morgan fingerprint density at radius 1 is 1.06 bits per heavy atom. The molecular formula is C30H36OS. The van der Waals surface area contributed by atoms with Crippen LogP contribution in [0.25, 0.3) is 11.6 Å². The molecule has 168 valence electrons. The maximum Gasteiger partial charge on any atom is 0.115 e. The van der Waals surface area contributed by atoms with Gasteiger partial charge in [-0.05, 0) is 102 Å². The predicted octanol–water partition coefficient (Wildman–Crippen LogP) is 8.74. The lowest BCUT2D eigenvalue weighted by molar-refractivity contribution is 0.428. The lowest BCUT2D eigenvalue weighted by atomic mass is 9.88. The Hall–Kier alpha value is -2.71. The van der Waals surface area contributed by atoms with E-state index in [2.05, 4.69) is 90.3 Å². The first-order chi connectivity index (χ1) is 15.0. The fourth-order valence-corrected chi connectivity index (χ4v) is 4.08. The van der Waals surface area contributed by atoms with E-state index in [4.69, 9.17) is 12.6 Å². The Kier molecular flexibility index (Phi) is 8.98. The molecule has 1 atom stereocenters. The first kappa shape index (κ1) is 25.5. The molecule has 0 saturated carbocycles. The molecule has 1 unspecified atom stereocenters. The molecule has 0 saturated heterocycles. The topological polar surface area (TPSA) is 20.2 Å². The quantitative estimate of drug-likeness (QED) is 0.237. The zero-order valence-electron chi connectivity index (χ0n) is 20.3. The van der Waals surface area contributed by atoms with Gasteiger partial charge in [0.2, 0.25) is 0 Å². The summed E-state index contributed by atoms with van der Waals surface area (Å²) in [6.07, 6.45) is 6.93. The average molecular weight is 445 g/mol. The summed E-state index contributed by atoms with van der Waals surface area (Å²) in [5.74, 6) is 0.314. The van der Waals surface area contributed by atoms with Crippen molar-refractivity contribution in [3.63, 3.8) is 0 Å². The van der Waals surface area contributed by atoms with E-state index >= 15 is 0 Å². The van der Waals surface area contributed by atoms with Crippen LogP contribution in [0.15, 0.2) is 83.5 Å². The predicted molar refractivity (Wildman–Crippen MR) is 145 cm³/mol. The van der Waals surface area contributed by atoms with E-state index in [0.717, 1.165) is 22.5 Å². The fraction of sp³-hybridized carbons (Fsp3) is 0.267. The number of benzene rings is 2. The van der Waals surface area contributed by atoms with Gasteiger partial charge in [-0.3, -0.25) is 0 Å². The monoisotopic (exact) mass is 444 g/mol. The van der Waals surface area contributed by atoms with E-state index in [1.807, 2.05) is 19.1 Å². The molecule has 2 aromatic carbocycles. The highest BCUT2D eigenvalue weighted by atomic mass is 32.1. The first-order valence-corrected chi connectivity index (χ1v) is 11.5. The highest BCUT2D eigenvalue weighted by Gasteiger charge is 2.14. The SMILES string of the molecule is C=C(O)/C(=C/C)C(=C)/C=C(\C)c1cc(C)c(C)cc1CC(C)/C(S)=C/c1ccccc1C. The van der Waals surface area contributed by atoms with Crippen LogP contribution in [0.2, 0.25) is 0 Å². The molecule has 2 aromatic rings. The van der Waals surface area contributed by atoms with Gasteiger partial charge in [0.25, 0.3) is 0 Å². The zero-order chi connectivity index (χ0) is 24.0. The van der Waals surface area contributed by atoms with Crippen molar-refractivity contribution in [2.24, 2.45) is 5.92 Å². The number of hydrogen-bond acceptors (Lipinski definition) is 2. The van der Waals surface area contributed by atoms with Crippen molar-refractivity contribution in [3.8, 4) is 0 Å². The molecule has 0 aliphatic heterocycles. The van der Waals surface area contributed by atoms with Crippen molar-refractivity contribution in [1.82, 2.24) is 0 Å². The van der Waals surface area contributed by atoms with Crippen LogP contribution < -0.4 is 0 Å². The van der Waals surface area contributed by atoms with Crippen molar-refractivity contribution < 1.29 is 5.11 Å². The summed E-state index contributed by atoms with van der Waals surface area (Å²) in [7, 11) is 0. The molecule has 0 fully saturated rings. The number of thiol groups is 1. The van der Waals surface area contributed by atoms with E-state index in [1.54, 1.807) is 0 Å². The second-order valence-corrected chi connectivity index (χ2v) is 9.14. The summed E-state index contributed by atoms with van der Waals surface area (Å²) in [5.41, 5.74) is 10.0. The summed E-state index contributed by atoms with van der Waals surface area (Å²) in [5, 5.41) is 9.85. The van der Waals surface area contributed by atoms with Gasteiger partial charge in [0.05, 0.1) is 0 Å². The van der Waals surface area contributed by atoms with Crippen LogP contribution in [0.1, 0.15) is 54.2 Å². The molecule has 2 heteroatoms. The fourth-order valence-electron chi connectivity index (χ4n) is 3.85. The van der Waals surface area contributed by atoms with Crippen LogP contribution in [0.4, 0.5) is 0 Å². The molecule has 0 aliphatic carbocycles. The summed E-state index contributed by atoms with van der Waals surface area (Å²) in [6.45, 7) is 20.4. The Balaban J connectivity index is 2.41. The van der Waals surface area contributed by atoms with Gasteiger partial charge in [0, 0.05) is 5.57 Å². The molecule has 0 aliphatic rings. The number of rotatable bonds is 8. The zero-order valence-corrected chi connectivity index (χ0v) is 21.2. The summed E-state index contributed by atoms with van der Waals surface area (Å²) in [4.78, 5) is 1.07. The third kappa shape index (κ3) is 6.40. The van der Waals surface area contributed by atoms with E-state index < -0.39 is 0 Å². The Morgan fingerprint density at radius 2 is 1.69 bits per heavy atom. The van der Waals surface area contributed by atoms with Crippen LogP contribution in [-0.2, 0) is 6.42 Å². The minimum Gasteiger partial charge on any atom is -0.508 e. The summed E-state index contributed by atoms with van der Waals surface area (Å²) >= 11 is 4.85. The van der Waals surface area contributed by atoms with E-state index in [0.29, 0.717) is 5.57 Å². The van der Waals surface area contributed by atoms with E-state index in [9.17, 15) is 5.11 Å². The molecule has 0 radical (unpaired) electrons. The second-order valence-electron chi connectivity index (χ2n) is 8.63. The molecule has 1 nitrogen and oxygen atoms in total. The first-order valence-electron chi connectivity index (χ1n) is 11.0. The van der Waals surface area contributed by atoms with Crippen molar-refractivity contribution in [3.05, 3.63) is 117 Å². The van der Waals surface area contributed by atoms with Crippen LogP contribution >= 0.6 is 12.6 Å². The Morgan fingerprint density at radius 3 is 2.28 bits per heavy atom. The molecule has 0 heterocycles. The van der Waals surface area contributed by atoms with Gasteiger partial charge in [-0.1, -0.05) is 68.6 Å². The molecule has 0 amide bonds. The van der Waals surface area contributed by atoms with Crippen LogP contribution in [0.3, 0.4) is 0 Å². The third-order valence-corrected chi connectivity index (χ3v) is 6.57. The highest BCUT2D eigenvalue weighted by molar-refractivity contribution is 7.84. The van der Waals surface area contributed by atoms with Crippen molar-refractivity contribution in [2.75, 3.05) is 0 Å². The minimum atomic E-state index is 0.0385. The highest BCUT2D eigenvalue weighted by Crippen LogP contribution is 2.31. The van der Waals surface area contributed by atoms with E-state index in [-0.39, 0.29) is 11.7 Å². The normalized spacial score (nSPS) is 13.8. The lowest BCUT2D eigenvalue weighted by Gasteiger charge is -2.19. The van der Waals surface area contributed by atoms with Gasteiger partial charge < -0.3 is 5.11 Å². The van der Waals surface area contributed by atoms with Crippen LogP contribution in [0, 0.1) is 26.7 Å². The van der Waals surface area contributed by atoms with Crippen molar-refractivity contribution in [1.29, 1.82) is 0 Å². The van der Waals surface area contributed by atoms with Gasteiger partial charge in [-0.2, -0.15) is 0 Å². The standard InChI is InChI=1S/C30H36OS/c1-9-28(25(8)31)22(5)14-23(6)29-17-21(4)20(3)15-27(29)16-24(7)30(32)18-26-13-11-10-12-19(26)2/h9-15,17-18,24,31-32H,5,8,16H2,1-4,6-7H3/b23-14+,28-9+,30-18-. The largest absolute Gasteiger partial charge is 0.508 e. The second kappa shape index (κ2) is 11.2. The number of aryl methyl sites for hydroxylation is 3. The molecule has 1 N–H and O–H groups in total. The number of allylic oxidation sites excluding steroid dienone is 5. The third-order valence-electron chi connectivity index (χ3n) is 6.00. The van der Waals surface area contributed by atoms with Crippen molar-refractivity contribution >= 4 is 24.3 Å². The maximum atomic E-state index is 9.85. The van der Waals surface area contributed by atoms with Crippen LogP contribution in [0.5, 0.6) is 0 Å². The van der Waals surface area contributed by atoms with Gasteiger partial charge in [0.1, 0.15) is 5.76 Å². The number of hydrogen-bond donors (Lipinski definition) is 2. The Labute approximate surface area is 200 Å². The van der Waals surface area contributed by atoms with Gasteiger partial charge >= 0.3 is 0 Å². The van der Waals surface area contributed by atoms with Gasteiger partial charge in [-0.25, -0.2) is 0 Å². The number of aliphatic hydroxyl groups is 1. The Bertz CT molecular complexity index is 1110. The molecule has 0 bridgehead atoms. The average Bonchev–Trinajstić information content (AvgIpc) is 2.72. The van der Waals surface area contributed by atoms with Crippen LogP contribution in [-0.4, -0.2) is 5.11 Å². The van der Waals surface area contributed by atoms with E-state index in [1.165, 1.54) is 33.4 Å². The molecule has 0 aromatic heterocycles. The maximum absolute atomic E-state index is 9.85. The molecule has 32 heavy (non-hydrogen) atoms. The molecular weight excluding hydrogens is 408 g/mol. The summed E-state index contributed by atoms with van der Waals surface area (Å²) in [6, 6.07) is 12.9. The number of aliphatic hydroxyl groups excluding tert-OH is 1. The smallest absolute Gasteiger partial charge is 0.115 e. The molecule has 0 spiro atoms. The lowest BCUT2D eigenvalue weighted by Crippen LogP contribution is -2.05. The summed E-state index contributed by atoms with van der Waals surface area (Å²) < 4.78 is 0. The minimum absolute atomic E-state index is 0.0385.